The second-order valence-corrected chi connectivity index (χ2v) is 8.58. The Morgan fingerprint density at radius 3 is 2.74 bits per heavy atom. The Bertz CT molecular complexity index is 630. The third kappa shape index (κ3) is 4.05. The second kappa shape index (κ2) is 8.29. The molecule has 1 saturated carbocycles. The molecule has 2 N–H and O–H groups in total. The van der Waals surface area contributed by atoms with Crippen molar-refractivity contribution in [2.24, 2.45) is 11.3 Å². The van der Waals surface area contributed by atoms with Gasteiger partial charge in [0.1, 0.15) is 0 Å². The summed E-state index contributed by atoms with van der Waals surface area (Å²) in [4.78, 5) is 15.1. The third-order valence-electron chi connectivity index (χ3n) is 7.01. The van der Waals surface area contributed by atoms with E-state index in [1.807, 2.05) is 18.2 Å². The molecular weight excluding hydrogens is 340 g/mol. The molecule has 1 aliphatic carbocycles. The predicted molar refractivity (Wildman–Crippen MR) is 104 cm³/mol. The maximum atomic E-state index is 12.8. The van der Waals surface area contributed by atoms with Gasteiger partial charge < -0.3 is 15.2 Å². The van der Waals surface area contributed by atoms with E-state index in [2.05, 4.69) is 22.3 Å². The number of benzene rings is 1. The quantitative estimate of drug-likeness (QED) is 0.833. The lowest BCUT2D eigenvalue weighted by atomic mass is 9.76. The Labute approximate surface area is 162 Å². The largest absolute Gasteiger partial charge is 0.392 e. The molecule has 3 aliphatic rings. The van der Waals surface area contributed by atoms with Crippen LogP contribution in [-0.2, 0) is 16.1 Å². The van der Waals surface area contributed by atoms with Crippen molar-refractivity contribution < 1.29 is 14.6 Å². The van der Waals surface area contributed by atoms with Crippen molar-refractivity contribution in [3.05, 3.63) is 35.9 Å². The molecule has 1 spiro atoms. The molecule has 5 nitrogen and oxygen atoms in total. The van der Waals surface area contributed by atoms with Crippen LogP contribution in [0.3, 0.4) is 0 Å². The molecule has 27 heavy (non-hydrogen) atoms. The number of amides is 1. The monoisotopic (exact) mass is 372 g/mol. The highest BCUT2D eigenvalue weighted by molar-refractivity contribution is 5.82. The number of nitrogens with one attached hydrogen (secondary N) is 1. The first-order valence-electron chi connectivity index (χ1n) is 10.5. The van der Waals surface area contributed by atoms with Crippen LogP contribution in [0.2, 0.25) is 0 Å². The van der Waals surface area contributed by atoms with Crippen molar-refractivity contribution >= 4 is 5.91 Å². The average Bonchev–Trinajstić information content (AvgIpc) is 3.27. The first-order chi connectivity index (χ1) is 13.2. The van der Waals surface area contributed by atoms with Crippen molar-refractivity contribution in [2.45, 2.75) is 57.2 Å². The van der Waals surface area contributed by atoms with Gasteiger partial charge in [0.2, 0.25) is 5.91 Å². The van der Waals surface area contributed by atoms with Crippen molar-refractivity contribution in [1.82, 2.24) is 10.2 Å². The van der Waals surface area contributed by atoms with Crippen LogP contribution in [-0.4, -0.2) is 54.4 Å². The Hall–Kier alpha value is -1.43. The summed E-state index contributed by atoms with van der Waals surface area (Å²) < 4.78 is 5.48. The van der Waals surface area contributed by atoms with Crippen LogP contribution in [0.5, 0.6) is 0 Å². The van der Waals surface area contributed by atoms with E-state index in [0.717, 1.165) is 64.8 Å². The van der Waals surface area contributed by atoms with Crippen molar-refractivity contribution in [3.63, 3.8) is 0 Å². The predicted octanol–water partition coefficient (Wildman–Crippen LogP) is 2.33. The molecule has 5 heteroatoms. The molecule has 2 heterocycles. The minimum absolute atomic E-state index is 0.0281. The normalized spacial score (nSPS) is 30.6. The van der Waals surface area contributed by atoms with Crippen LogP contribution < -0.4 is 5.32 Å². The minimum Gasteiger partial charge on any atom is -0.392 e. The van der Waals surface area contributed by atoms with Gasteiger partial charge in [0.25, 0.3) is 0 Å². The van der Waals surface area contributed by atoms with Gasteiger partial charge in [0.15, 0.2) is 0 Å². The van der Waals surface area contributed by atoms with Crippen LogP contribution in [0.4, 0.5) is 0 Å². The molecule has 2 aliphatic heterocycles. The lowest BCUT2D eigenvalue weighted by molar-refractivity contribution is -0.126. The van der Waals surface area contributed by atoms with E-state index in [1.165, 1.54) is 5.56 Å². The minimum atomic E-state index is -0.314. The number of hydrogen-bond acceptors (Lipinski definition) is 4. The van der Waals surface area contributed by atoms with Gasteiger partial charge in [0.05, 0.1) is 12.1 Å². The summed E-state index contributed by atoms with van der Waals surface area (Å²) in [6.07, 6.45) is 5.64. The lowest BCUT2D eigenvalue weighted by Gasteiger charge is -2.37. The molecule has 0 aromatic heterocycles. The number of carbonyl (C=O) groups is 1. The van der Waals surface area contributed by atoms with Gasteiger partial charge in [-0.3, -0.25) is 9.69 Å². The number of ether oxygens (including phenoxy) is 1. The smallest absolute Gasteiger partial charge is 0.237 e. The topological polar surface area (TPSA) is 61.8 Å². The second-order valence-electron chi connectivity index (χ2n) is 8.58. The van der Waals surface area contributed by atoms with Gasteiger partial charge in [-0.05, 0) is 50.6 Å². The molecule has 3 fully saturated rings. The molecule has 0 bridgehead atoms. The van der Waals surface area contributed by atoms with E-state index in [9.17, 15) is 9.90 Å². The van der Waals surface area contributed by atoms with E-state index in [4.69, 9.17) is 4.74 Å². The Kier molecular flexibility index (Phi) is 5.81. The van der Waals surface area contributed by atoms with Crippen LogP contribution in [0.1, 0.15) is 44.1 Å². The Balaban J connectivity index is 1.30. The zero-order chi connectivity index (χ0) is 18.7. The van der Waals surface area contributed by atoms with Crippen LogP contribution in [0.15, 0.2) is 30.3 Å². The fraction of sp³-hybridized carbons (Fsp3) is 0.682. The molecule has 1 amide bonds. The van der Waals surface area contributed by atoms with E-state index in [1.54, 1.807) is 0 Å². The molecule has 148 valence electrons. The molecule has 2 saturated heterocycles. The maximum Gasteiger partial charge on any atom is 0.237 e. The molecule has 3 atom stereocenters. The lowest BCUT2D eigenvalue weighted by Crippen LogP contribution is -2.46. The number of nitrogens with zero attached hydrogens (tertiary/aromatic N) is 1. The van der Waals surface area contributed by atoms with Gasteiger partial charge >= 0.3 is 0 Å². The first kappa shape index (κ1) is 18.9. The molecule has 0 radical (unpaired) electrons. The number of aliphatic hydroxyl groups excluding tert-OH is 1. The fourth-order valence-electron chi connectivity index (χ4n) is 5.30. The molecule has 3 unspecified atom stereocenters. The summed E-state index contributed by atoms with van der Waals surface area (Å²) in [5, 5.41) is 14.0. The average molecular weight is 373 g/mol. The summed E-state index contributed by atoms with van der Waals surface area (Å²) in [6.45, 7) is 3.91. The van der Waals surface area contributed by atoms with Crippen molar-refractivity contribution in [1.29, 1.82) is 0 Å². The molecular formula is C22H32N2O3. The standard InChI is InChI=1S/C22H32N2O3/c25-20-18(8-9-22(20)10-13-27-14-11-22)15-23-21(26)19-7-4-12-24(19)16-17-5-2-1-3-6-17/h1-3,5-6,18-20,25H,4,7-16H2,(H,23,26). The van der Waals surface area contributed by atoms with E-state index in [0.29, 0.717) is 6.54 Å². The van der Waals surface area contributed by atoms with Gasteiger partial charge in [-0.25, -0.2) is 0 Å². The summed E-state index contributed by atoms with van der Waals surface area (Å²) in [5.74, 6) is 0.305. The van der Waals surface area contributed by atoms with Crippen molar-refractivity contribution in [3.8, 4) is 0 Å². The van der Waals surface area contributed by atoms with Gasteiger partial charge in [-0.2, -0.15) is 0 Å². The molecule has 1 aromatic carbocycles. The maximum absolute atomic E-state index is 12.8. The summed E-state index contributed by atoms with van der Waals surface area (Å²) in [5.41, 5.74) is 1.28. The van der Waals surface area contributed by atoms with Crippen LogP contribution in [0.25, 0.3) is 0 Å². The zero-order valence-corrected chi connectivity index (χ0v) is 16.1. The van der Waals surface area contributed by atoms with Crippen LogP contribution in [0, 0.1) is 11.3 Å². The first-order valence-corrected chi connectivity index (χ1v) is 10.5. The van der Waals surface area contributed by atoms with Crippen LogP contribution >= 0.6 is 0 Å². The summed E-state index contributed by atoms with van der Waals surface area (Å²) in [7, 11) is 0. The summed E-state index contributed by atoms with van der Waals surface area (Å²) in [6, 6.07) is 10.3. The van der Waals surface area contributed by atoms with Gasteiger partial charge in [-0.15, -0.1) is 0 Å². The fourth-order valence-corrected chi connectivity index (χ4v) is 5.30. The van der Waals surface area contributed by atoms with E-state index in [-0.39, 0.29) is 29.4 Å². The van der Waals surface area contributed by atoms with E-state index >= 15 is 0 Å². The number of aliphatic hydroxyl groups is 1. The highest BCUT2D eigenvalue weighted by Crippen LogP contribution is 2.48. The number of likely N-dealkylation sites (tertiary alicyclic amines) is 1. The highest BCUT2D eigenvalue weighted by atomic mass is 16.5. The van der Waals surface area contributed by atoms with E-state index < -0.39 is 0 Å². The molecule has 1 aromatic rings. The highest BCUT2D eigenvalue weighted by Gasteiger charge is 2.48. The molecule has 4 rings (SSSR count). The SMILES string of the molecule is O=C(NCC1CCC2(CCOCC2)C1O)C1CCCN1Cc1ccccc1. The zero-order valence-electron chi connectivity index (χ0n) is 16.1. The Morgan fingerprint density at radius 1 is 1.19 bits per heavy atom. The number of hydrogen-bond donors (Lipinski definition) is 2. The summed E-state index contributed by atoms with van der Waals surface area (Å²) >= 11 is 0. The number of carbonyl (C=O) groups excluding carboxylic acids is 1. The van der Waals surface area contributed by atoms with Gasteiger partial charge in [0, 0.05) is 37.6 Å². The van der Waals surface area contributed by atoms with Gasteiger partial charge in [-0.1, -0.05) is 30.3 Å². The third-order valence-corrected chi connectivity index (χ3v) is 7.01. The van der Waals surface area contributed by atoms with Crippen molar-refractivity contribution in [2.75, 3.05) is 26.3 Å². The Morgan fingerprint density at radius 2 is 1.96 bits per heavy atom. The number of rotatable bonds is 5.